The first-order valence-corrected chi connectivity index (χ1v) is 11.7. The van der Waals surface area contributed by atoms with Gasteiger partial charge in [0.05, 0.1) is 11.9 Å². The summed E-state index contributed by atoms with van der Waals surface area (Å²) in [5.41, 5.74) is 0.444. The summed E-state index contributed by atoms with van der Waals surface area (Å²) in [5, 5.41) is 0. The van der Waals surface area contributed by atoms with E-state index >= 15 is 0 Å². The maximum Gasteiger partial charge on any atom is 0.246 e. The van der Waals surface area contributed by atoms with Crippen molar-refractivity contribution in [2.24, 2.45) is 5.92 Å². The first-order chi connectivity index (χ1) is 13.8. The van der Waals surface area contributed by atoms with E-state index in [9.17, 15) is 13.2 Å². The molecule has 156 valence electrons. The minimum absolute atomic E-state index is 0.160. The zero-order chi connectivity index (χ0) is 21.0. The molecule has 1 saturated heterocycles. The average molecular weight is 417 g/mol. The maximum absolute atomic E-state index is 13.0. The van der Waals surface area contributed by atoms with Crippen LogP contribution in [0.15, 0.2) is 54.6 Å². The number of rotatable bonds is 6. The highest BCUT2D eigenvalue weighted by molar-refractivity contribution is 7.92. The minimum atomic E-state index is -3.64. The second-order valence-electron chi connectivity index (χ2n) is 7.65. The number of carbonyl (C=O) groups is 1. The Bertz CT molecular complexity index is 921. The molecule has 1 atom stereocenters. The molecule has 1 aliphatic rings. The van der Waals surface area contributed by atoms with Crippen molar-refractivity contribution in [3.8, 4) is 11.5 Å². The van der Waals surface area contributed by atoms with Crippen molar-refractivity contribution < 1.29 is 17.9 Å². The van der Waals surface area contributed by atoms with Crippen molar-refractivity contribution in [3.63, 3.8) is 0 Å². The Balaban J connectivity index is 1.79. The number of para-hydroxylation sites is 1. The van der Waals surface area contributed by atoms with E-state index in [2.05, 4.69) is 6.92 Å². The van der Waals surface area contributed by atoms with Gasteiger partial charge in [-0.05, 0) is 62.1 Å². The molecule has 1 heterocycles. The highest BCUT2D eigenvalue weighted by Crippen LogP contribution is 2.28. The summed E-state index contributed by atoms with van der Waals surface area (Å²) in [6, 6.07) is 15.3. The van der Waals surface area contributed by atoms with E-state index in [1.165, 1.54) is 4.31 Å². The van der Waals surface area contributed by atoms with Gasteiger partial charge in [0.25, 0.3) is 0 Å². The number of amides is 1. The van der Waals surface area contributed by atoms with Gasteiger partial charge in [0.15, 0.2) is 0 Å². The molecule has 0 aromatic heterocycles. The van der Waals surface area contributed by atoms with Crippen LogP contribution in [0.2, 0.25) is 0 Å². The highest BCUT2D eigenvalue weighted by Gasteiger charge is 2.33. The zero-order valence-corrected chi connectivity index (χ0v) is 17.9. The Morgan fingerprint density at radius 2 is 1.59 bits per heavy atom. The van der Waals surface area contributed by atoms with Crippen molar-refractivity contribution >= 4 is 21.6 Å². The molecule has 29 heavy (non-hydrogen) atoms. The summed E-state index contributed by atoms with van der Waals surface area (Å²) in [6.07, 6.45) is 3.02. The average Bonchev–Trinajstić information content (AvgIpc) is 2.69. The molecule has 0 N–H and O–H groups in total. The van der Waals surface area contributed by atoms with Gasteiger partial charge in [-0.3, -0.25) is 9.10 Å². The van der Waals surface area contributed by atoms with Gasteiger partial charge in [-0.1, -0.05) is 25.1 Å². The maximum atomic E-state index is 13.0. The molecular formula is C22H28N2O4S. The number of hydrogen-bond donors (Lipinski definition) is 0. The van der Waals surface area contributed by atoms with Crippen LogP contribution in [0.5, 0.6) is 11.5 Å². The van der Waals surface area contributed by atoms with E-state index in [1.54, 1.807) is 36.1 Å². The number of likely N-dealkylation sites (tertiary alicyclic amines) is 1. The van der Waals surface area contributed by atoms with E-state index < -0.39 is 16.1 Å². The van der Waals surface area contributed by atoms with Gasteiger partial charge in [0, 0.05) is 13.1 Å². The SMILES string of the molecule is CC1CCN(C(=O)C(C)N(c2ccc(Oc3ccccc3)cc2)S(C)(=O)=O)CC1. The molecule has 1 amide bonds. The van der Waals surface area contributed by atoms with Crippen LogP contribution in [0, 0.1) is 5.92 Å². The van der Waals surface area contributed by atoms with Gasteiger partial charge in [0.1, 0.15) is 17.5 Å². The van der Waals surface area contributed by atoms with Crippen LogP contribution >= 0.6 is 0 Å². The molecule has 1 aliphatic heterocycles. The normalized spacial score (nSPS) is 16.3. The molecule has 0 bridgehead atoms. The van der Waals surface area contributed by atoms with E-state index in [4.69, 9.17) is 4.74 Å². The van der Waals surface area contributed by atoms with E-state index in [-0.39, 0.29) is 5.91 Å². The Kier molecular flexibility index (Phi) is 6.47. The fourth-order valence-corrected chi connectivity index (χ4v) is 4.75. The largest absolute Gasteiger partial charge is 0.457 e. The first kappa shape index (κ1) is 21.2. The fourth-order valence-electron chi connectivity index (χ4n) is 3.58. The summed E-state index contributed by atoms with van der Waals surface area (Å²) in [5.74, 6) is 1.73. The van der Waals surface area contributed by atoms with E-state index in [0.29, 0.717) is 36.2 Å². The van der Waals surface area contributed by atoms with Crippen molar-refractivity contribution in [1.82, 2.24) is 4.90 Å². The lowest BCUT2D eigenvalue weighted by Crippen LogP contribution is -2.51. The first-order valence-electron chi connectivity index (χ1n) is 9.87. The van der Waals surface area contributed by atoms with Gasteiger partial charge in [-0.25, -0.2) is 8.42 Å². The number of piperidine rings is 1. The third-order valence-corrected chi connectivity index (χ3v) is 6.47. The van der Waals surface area contributed by atoms with Crippen LogP contribution < -0.4 is 9.04 Å². The number of benzene rings is 2. The van der Waals surface area contributed by atoms with Gasteiger partial charge >= 0.3 is 0 Å². The predicted molar refractivity (Wildman–Crippen MR) is 115 cm³/mol. The van der Waals surface area contributed by atoms with Crippen molar-refractivity contribution in [2.45, 2.75) is 32.7 Å². The molecule has 6 nitrogen and oxygen atoms in total. The van der Waals surface area contributed by atoms with Gasteiger partial charge < -0.3 is 9.64 Å². The topological polar surface area (TPSA) is 66.9 Å². The smallest absolute Gasteiger partial charge is 0.246 e. The Morgan fingerprint density at radius 1 is 1.03 bits per heavy atom. The lowest BCUT2D eigenvalue weighted by Gasteiger charge is -2.36. The van der Waals surface area contributed by atoms with Crippen LogP contribution in [0.1, 0.15) is 26.7 Å². The van der Waals surface area contributed by atoms with Gasteiger partial charge in [-0.15, -0.1) is 0 Å². The standard InChI is InChI=1S/C22H28N2O4S/c1-17-13-15-23(16-14-17)22(25)18(2)24(29(3,26)27)19-9-11-21(12-10-19)28-20-7-5-4-6-8-20/h4-12,17-18H,13-16H2,1-3H3. The molecule has 0 spiro atoms. The van der Waals surface area contributed by atoms with Crippen molar-refractivity contribution in [2.75, 3.05) is 23.7 Å². The molecule has 1 fully saturated rings. The number of nitrogens with zero attached hydrogens (tertiary/aromatic N) is 2. The second kappa shape index (κ2) is 8.86. The van der Waals surface area contributed by atoms with Crippen LogP contribution in [-0.2, 0) is 14.8 Å². The molecule has 0 saturated carbocycles. The summed E-state index contributed by atoms with van der Waals surface area (Å²) < 4.78 is 32.0. The van der Waals surface area contributed by atoms with Crippen molar-refractivity contribution in [1.29, 1.82) is 0 Å². The number of hydrogen-bond acceptors (Lipinski definition) is 4. The van der Waals surface area contributed by atoms with Crippen LogP contribution in [-0.4, -0.2) is 44.6 Å². The predicted octanol–water partition coefficient (Wildman–Crippen LogP) is 3.89. The summed E-state index contributed by atoms with van der Waals surface area (Å²) in [7, 11) is -3.64. The molecule has 2 aromatic rings. The summed E-state index contributed by atoms with van der Waals surface area (Å²) in [4.78, 5) is 14.7. The highest BCUT2D eigenvalue weighted by atomic mass is 32.2. The van der Waals surface area contributed by atoms with Gasteiger partial charge in [-0.2, -0.15) is 0 Å². The molecule has 7 heteroatoms. The Hall–Kier alpha value is -2.54. The van der Waals surface area contributed by atoms with Crippen LogP contribution in [0.4, 0.5) is 5.69 Å². The molecule has 1 unspecified atom stereocenters. The molecule has 3 rings (SSSR count). The minimum Gasteiger partial charge on any atom is -0.457 e. The lowest BCUT2D eigenvalue weighted by molar-refractivity contribution is -0.133. The zero-order valence-electron chi connectivity index (χ0n) is 17.1. The monoisotopic (exact) mass is 416 g/mol. The van der Waals surface area contributed by atoms with Crippen LogP contribution in [0.25, 0.3) is 0 Å². The molecule has 2 aromatic carbocycles. The number of carbonyl (C=O) groups excluding carboxylic acids is 1. The lowest BCUT2D eigenvalue weighted by atomic mass is 9.99. The van der Waals surface area contributed by atoms with E-state index in [0.717, 1.165) is 19.1 Å². The van der Waals surface area contributed by atoms with Crippen LogP contribution in [0.3, 0.4) is 0 Å². The second-order valence-corrected chi connectivity index (χ2v) is 9.51. The number of anilines is 1. The fraction of sp³-hybridized carbons (Fsp3) is 0.409. The van der Waals surface area contributed by atoms with Crippen molar-refractivity contribution in [3.05, 3.63) is 54.6 Å². The van der Waals surface area contributed by atoms with E-state index in [1.807, 2.05) is 30.3 Å². The Labute approximate surface area is 173 Å². The number of sulfonamides is 1. The van der Waals surface area contributed by atoms with Gasteiger partial charge in [0.2, 0.25) is 15.9 Å². The summed E-state index contributed by atoms with van der Waals surface area (Å²) in [6.45, 7) is 5.17. The molecule has 0 aliphatic carbocycles. The summed E-state index contributed by atoms with van der Waals surface area (Å²) >= 11 is 0. The molecular weight excluding hydrogens is 388 g/mol. The third-order valence-electron chi connectivity index (χ3n) is 5.23. The molecule has 0 radical (unpaired) electrons. The number of ether oxygens (including phenoxy) is 1. The third kappa shape index (κ3) is 5.29. The Morgan fingerprint density at radius 3 is 2.14 bits per heavy atom. The quantitative estimate of drug-likeness (QED) is 0.716.